The SMILES string of the molecule is Cc1cccc(-c2noc(-c3sc(CN)nc3C)n2)n1. The lowest BCUT2D eigenvalue weighted by atomic mass is 10.3. The number of nitrogens with zero attached hydrogens (tertiary/aromatic N) is 4. The van der Waals surface area contributed by atoms with Crippen LogP contribution in [0.1, 0.15) is 16.4 Å². The zero-order valence-corrected chi connectivity index (χ0v) is 11.9. The van der Waals surface area contributed by atoms with Crippen LogP contribution in [0.5, 0.6) is 0 Å². The van der Waals surface area contributed by atoms with Gasteiger partial charge in [-0.25, -0.2) is 9.97 Å². The summed E-state index contributed by atoms with van der Waals surface area (Å²) >= 11 is 1.47. The second-order valence-electron chi connectivity index (χ2n) is 4.31. The highest BCUT2D eigenvalue weighted by Gasteiger charge is 2.17. The first-order chi connectivity index (χ1) is 9.67. The van der Waals surface area contributed by atoms with Crippen LogP contribution in [0.2, 0.25) is 0 Å². The lowest BCUT2D eigenvalue weighted by Gasteiger charge is -1.94. The molecule has 2 N–H and O–H groups in total. The van der Waals surface area contributed by atoms with Gasteiger partial charge < -0.3 is 10.3 Å². The molecule has 3 aromatic heterocycles. The smallest absolute Gasteiger partial charge is 0.270 e. The van der Waals surface area contributed by atoms with Gasteiger partial charge in [-0.15, -0.1) is 11.3 Å². The molecule has 0 spiro atoms. The molecule has 6 nitrogen and oxygen atoms in total. The molecule has 7 heteroatoms. The normalized spacial score (nSPS) is 10.9. The van der Waals surface area contributed by atoms with Gasteiger partial charge in [0.25, 0.3) is 5.89 Å². The van der Waals surface area contributed by atoms with E-state index in [1.807, 2.05) is 32.0 Å². The maximum absolute atomic E-state index is 5.59. The van der Waals surface area contributed by atoms with E-state index in [1.165, 1.54) is 11.3 Å². The summed E-state index contributed by atoms with van der Waals surface area (Å²) < 4.78 is 5.31. The summed E-state index contributed by atoms with van der Waals surface area (Å²) in [5.74, 6) is 0.934. The first-order valence-corrected chi connectivity index (χ1v) is 6.93. The van der Waals surface area contributed by atoms with E-state index < -0.39 is 0 Å². The number of thiazole rings is 1. The van der Waals surface area contributed by atoms with Gasteiger partial charge in [0, 0.05) is 12.2 Å². The lowest BCUT2D eigenvalue weighted by molar-refractivity contribution is 0.432. The second-order valence-corrected chi connectivity index (χ2v) is 5.40. The van der Waals surface area contributed by atoms with Crippen molar-refractivity contribution in [2.24, 2.45) is 5.73 Å². The molecule has 3 heterocycles. The van der Waals surface area contributed by atoms with Gasteiger partial charge in [0.2, 0.25) is 5.82 Å². The summed E-state index contributed by atoms with van der Waals surface area (Å²) in [7, 11) is 0. The van der Waals surface area contributed by atoms with E-state index >= 15 is 0 Å². The molecule has 0 saturated carbocycles. The minimum atomic E-state index is 0.409. The molecular weight excluding hydrogens is 274 g/mol. The number of pyridine rings is 1. The molecule has 0 aliphatic carbocycles. The van der Waals surface area contributed by atoms with Crippen molar-refractivity contribution < 1.29 is 4.52 Å². The summed E-state index contributed by atoms with van der Waals surface area (Å²) in [5, 5.41) is 4.83. The van der Waals surface area contributed by atoms with E-state index in [9.17, 15) is 0 Å². The van der Waals surface area contributed by atoms with Gasteiger partial charge in [-0.2, -0.15) is 4.98 Å². The van der Waals surface area contributed by atoms with Crippen LogP contribution in [0.4, 0.5) is 0 Å². The molecule has 102 valence electrons. The minimum Gasteiger partial charge on any atom is -0.333 e. The van der Waals surface area contributed by atoms with Crippen molar-refractivity contribution in [2.75, 3.05) is 0 Å². The van der Waals surface area contributed by atoms with Crippen LogP contribution in [-0.2, 0) is 6.54 Å². The molecule has 3 rings (SSSR count). The Morgan fingerprint density at radius 3 is 2.75 bits per heavy atom. The van der Waals surface area contributed by atoms with E-state index in [0.717, 1.165) is 21.3 Å². The third-order valence-electron chi connectivity index (χ3n) is 2.75. The summed E-state index contributed by atoms with van der Waals surface area (Å²) in [6.07, 6.45) is 0. The molecule has 3 aromatic rings. The van der Waals surface area contributed by atoms with Crippen molar-refractivity contribution in [3.8, 4) is 22.3 Å². The lowest BCUT2D eigenvalue weighted by Crippen LogP contribution is -1.94. The van der Waals surface area contributed by atoms with Crippen molar-refractivity contribution in [3.63, 3.8) is 0 Å². The van der Waals surface area contributed by atoms with Crippen LogP contribution in [0.25, 0.3) is 22.3 Å². The zero-order chi connectivity index (χ0) is 14.1. The number of hydrogen-bond acceptors (Lipinski definition) is 7. The van der Waals surface area contributed by atoms with Crippen LogP contribution in [0.3, 0.4) is 0 Å². The summed E-state index contributed by atoms with van der Waals surface area (Å²) in [4.78, 5) is 14.0. The zero-order valence-electron chi connectivity index (χ0n) is 11.1. The molecule has 0 radical (unpaired) electrons. The molecule has 0 aromatic carbocycles. The number of aromatic nitrogens is 4. The summed E-state index contributed by atoms with van der Waals surface area (Å²) in [6, 6.07) is 5.69. The van der Waals surface area contributed by atoms with Gasteiger partial charge in [0.15, 0.2) is 0 Å². The minimum absolute atomic E-state index is 0.409. The van der Waals surface area contributed by atoms with E-state index in [1.54, 1.807) is 0 Å². The van der Waals surface area contributed by atoms with Gasteiger partial charge in [-0.1, -0.05) is 11.2 Å². The molecule has 0 saturated heterocycles. The quantitative estimate of drug-likeness (QED) is 0.795. The molecule has 0 fully saturated rings. The number of hydrogen-bond donors (Lipinski definition) is 1. The molecule has 0 bridgehead atoms. The Hall–Kier alpha value is -2.12. The number of rotatable bonds is 3. The molecule has 20 heavy (non-hydrogen) atoms. The third kappa shape index (κ3) is 2.33. The van der Waals surface area contributed by atoms with Crippen LogP contribution in [-0.4, -0.2) is 20.1 Å². The fourth-order valence-electron chi connectivity index (χ4n) is 1.83. The Morgan fingerprint density at radius 1 is 1.20 bits per heavy atom. The maximum atomic E-state index is 5.59. The Balaban J connectivity index is 1.99. The topological polar surface area (TPSA) is 90.7 Å². The average molecular weight is 287 g/mol. The van der Waals surface area contributed by atoms with Crippen molar-refractivity contribution in [2.45, 2.75) is 20.4 Å². The highest BCUT2D eigenvalue weighted by molar-refractivity contribution is 7.15. The molecule has 0 atom stereocenters. The molecular formula is C13H13N5OS. The Bertz CT molecular complexity index is 749. The van der Waals surface area contributed by atoms with E-state index in [-0.39, 0.29) is 0 Å². The summed E-state index contributed by atoms with van der Waals surface area (Å²) in [6.45, 7) is 4.23. The van der Waals surface area contributed by atoms with E-state index in [2.05, 4.69) is 20.1 Å². The van der Waals surface area contributed by atoms with Crippen LogP contribution in [0, 0.1) is 13.8 Å². The van der Waals surface area contributed by atoms with Crippen LogP contribution in [0.15, 0.2) is 22.7 Å². The molecule has 0 amide bonds. The highest BCUT2D eigenvalue weighted by Crippen LogP contribution is 2.29. The Labute approximate surface area is 119 Å². The largest absolute Gasteiger partial charge is 0.333 e. The number of nitrogens with two attached hydrogens (primary N) is 1. The van der Waals surface area contributed by atoms with Crippen molar-refractivity contribution in [1.82, 2.24) is 20.1 Å². The van der Waals surface area contributed by atoms with Gasteiger partial charge in [0.1, 0.15) is 15.6 Å². The van der Waals surface area contributed by atoms with Crippen LogP contribution >= 0.6 is 11.3 Å². The van der Waals surface area contributed by atoms with Gasteiger partial charge >= 0.3 is 0 Å². The van der Waals surface area contributed by atoms with Gasteiger partial charge in [-0.3, -0.25) is 0 Å². The first kappa shape index (κ1) is 12.9. The Morgan fingerprint density at radius 2 is 2.05 bits per heavy atom. The van der Waals surface area contributed by atoms with Crippen LogP contribution < -0.4 is 5.73 Å². The molecule has 0 aliphatic rings. The second kappa shape index (κ2) is 5.10. The highest BCUT2D eigenvalue weighted by atomic mass is 32.1. The van der Waals surface area contributed by atoms with Gasteiger partial charge in [0.05, 0.1) is 5.69 Å². The predicted molar refractivity (Wildman–Crippen MR) is 76.0 cm³/mol. The van der Waals surface area contributed by atoms with Crippen molar-refractivity contribution >= 4 is 11.3 Å². The maximum Gasteiger partial charge on any atom is 0.270 e. The fourth-order valence-corrected chi connectivity index (χ4v) is 2.69. The third-order valence-corrected chi connectivity index (χ3v) is 3.92. The summed E-state index contributed by atoms with van der Waals surface area (Å²) in [5.41, 5.74) is 8.05. The van der Waals surface area contributed by atoms with E-state index in [4.69, 9.17) is 10.3 Å². The number of aryl methyl sites for hydroxylation is 2. The Kier molecular flexibility index (Phi) is 3.29. The standard InChI is InChI=1S/C13H13N5OS/c1-7-4-3-5-9(15-7)12-17-13(19-18-12)11-8(2)16-10(6-14)20-11/h3-5H,6,14H2,1-2H3. The molecule has 0 unspecified atom stereocenters. The van der Waals surface area contributed by atoms with Gasteiger partial charge in [-0.05, 0) is 26.0 Å². The monoisotopic (exact) mass is 287 g/mol. The fraction of sp³-hybridized carbons (Fsp3) is 0.231. The van der Waals surface area contributed by atoms with Crippen molar-refractivity contribution in [1.29, 1.82) is 0 Å². The molecule has 0 aliphatic heterocycles. The predicted octanol–water partition coefficient (Wildman–Crippen LogP) is 2.33. The van der Waals surface area contributed by atoms with Crippen molar-refractivity contribution in [3.05, 3.63) is 34.6 Å². The average Bonchev–Trinajstić information content (AvgIpc) is 3.05. The van der Waals surface area contributed by atoms with E-state index in [0.29, 0.717) is 24.0 Å². The first-order valence-electron chi connectivity index (χ1n) is 6.12.